The molecule has 100 valence electrons. The number of hydrogen-bond acceptors (Lipinski definition) is 4. The molecule has 0 aliphatic carbocycles. The van der Waals surface area contributed by atoms with Crippen molar-refractivity contribution in [3.05, 3.63) is 64.2 Å². The summed E-state index contributed by atoms with van der Waals surface area (Å²) in [6.45, 7) is 0.124. The zero-order valence-corrected chi connectivity index (χ0v) is 10.5. The van der Waals surface area contributed by atoms with Gasteiger partial charge >= 0.3 is 0 Å². The van der Waals surface area contributed by atoms with Crippen LogP contribution in [-0.2, 0) is 6.54 Å². The van der Waals surface area contributed by atoms with Crippen molar-refractivity contribution < 1.29 is 4.39 Å². The molecule has 0 bridgehead atoms. The summed E-state index contributed by atoms with van der Waals surface area (Å²) >= 11 is 0. The van der Waals surface area contributed by atoms with Crippen molar-refractivity contribution in [3.8, 4) is 0 Å². The first-order chi connectivity index (χ1) is 9.63. The van der Waals surface area contributed by atoms with Crippen molar-refractivity contribution in [1.29, 1.82) is 0 Å². The smallest absolute Gasteiger partial charge is 0.277 e. The Morgan fingerprint density at radius 2 is 2.00 bits per heavy atom. The van der Waals surface area contributed by atoms with E-state index in [0.717, 1.165) is 0 Å². The van der Waals surface area contributed by atoms with Gasteiger partial charge in [-0.15, -0.1) is 5.10 Å². The van der Waals surface area contributed by atoms with E-state index in [1.54, 1.807) is 30.3 Å². The van der Waals surface area contributed by atoms with E-state index in [4.69, 9.17) is 5.73 Å². The van der Waals surface area contributed by atoms with Crippen molar-refractivity contribution >= 4 is 16.6 Å². The van der Waals surface area contributed by atoms with Crippen LogP contribution in [0.5, 0.6) is 0 Å². The second-order valence-corrected chi connectivity index (χ2v) is 4.46. The molecule has 2 aromatic carbocycles. The van der Waals surface area contributed by atoms with Gasteiger partial charge in [0, 0.05) is 5.69 Å². The number of hydrogen-bond donors (Lipinski definition) is 1. The molecule has 1 heterocycles. The SMILES string of the molecule is Nc1cc(F)cc(Cn2nnc3ccccc3c2=O)c1. The number of halogens is 1. The molecule has 20 heavy (non-hydrogen) atoms. The van der Waals surface area contributed by atoms with E-state index in [9.17, 15) is 9.18 Å². The summed E-state index contributed by atoms with van der Waals surface area (Å²) < 4.78 is 14.5. The number of fused-ring (bicyclic) bond motifs is 1. The Kier molecular flexibility index (Phi) is 2.90. The van der Waals surface area contributed by atoms with Crippen molar-refractivity contribution in [2.45, 2.75) is 6.54 Å². The van der Waals surface area contributed by atoms with Gasteiger partial charge < -0.3 is 5.73 Å². The highest BCUT2D eigenvalue weighted by Gasteiger charge is 2.06. The summed E-state index contributed by atoms with van der Waals surface area (Å²) in [5, 5.41) is 8.30. The van der Waals surface area contributed by atoms with Crippen LogP contribution in [0.4, 0.5) is 10.1 Å². The third-order valence-corrected chi connectivity index (χ3v) is 2.94. The van der Waals surface area contributed by atoms with E-state index in [-0.39, 0.29) is 12.1 Å². The fraction of sp³-hybridized carbons (Fsp3) is 0.0714. The molecule has 0 saturated heterocycles. The molecular weight excluding hydrogens is 259 g/mol. The van der Waals surface area contributed by atoms with Crippen molar-refractivity contribution in [2.75, 3.05) is 5.73 Å². The standard InChI is InChI=1S/C14H11FN4O/c15-10-5-9(6-11(16)7-10)8-19-14(20)12-3-1-2-4-13(12)17-18-19/h1-7H,8,16H2. The van der Waals surface area contributed by atoms with E-state index in [1.165, 1.54) is 16.8 Å². The molecule has 0 saturated carbocycles. The maximum Gasteiger partial charge on any atom is 0.277 e. The molecule has 3 aromatic rings. The van der Waals surface area contributed by atoms with Crippen molar-refractivity contribution in [2.24, 2.45) is 0 Å². The molecule has 0 atom stereocenters. The summed E-state index contributed by atoms with van der Waals surface area (Å²) in [6.07, 6.45) is 0. The van der Waals surface area contributed by atoms with Gasteiger partial charge in [-0.05, 0) is 35.9 Å². The third-order valence-electron chi connectivity index (χ3n) is 2.94. The first-order valence-electron chi connectivity index (χ1n) is 6.01. The Balaban J connectivity index is 2.07. The van der Waals surface area contributed by atoms with Crippen LogP contribution in [-0.4, -0.2) is 15.0 Å². The van der Waals surface area contributed by atoms with Crippen LogP contribution in [0.25, 0.3) is 10.9 Å². The van der Waals surface area contributed by atoms with Gasteiger partial charge in [0.15, 0.2) is 0 Å². The molecule has 1 aromatic heterocycles. The Bertz CT molecular complexity index is 824. The molecule has 0 amide bonds. The molecule has 5 nitrogen and oxygen atoms in total. The lowest BCUT2D eigenvalue weighted by Crippen LogP contribution is -2.24. The second-order valence-electron chi connectivity index (χ2n) is 4.46. The molecule has 6 heteroatoms. The predicted molar refractivity (Wildman–Crippen MR) is 73.7 cm³/mol. The normalized spacial score (nSPS) is 10.8. The van der Waals surface area contributed by atoms with Crippen LogP contribution in [0.3, 0.4) is 0 Å². The van der Waals surface area contributed by atoms with Gasteiger partial charge in [-0.1, -0.05) is 17.3 Å². The average Bonchev–Trinajstić information content (AvgIpc) is 2.41. The summed E-state index contributed by atoms with van der Waals surface area (Å²) in [5.74, 6) is -0.443. The van der Waals surface area contributed by atoms with Gasteiger partial charge in [0.2, 0.25) is 0 Å². The van der Waals surface area contributed by atoms with Gasteiger partial charge in [-0.2, -0.15) is 0 Å². The topological polar surface area (TPSA) is 73.8 Å². The molecule has 0 fully saturated rings. The van der Waals surface area contributed by atoms with Crippen LogP contribution < -0.4 is 11.3 Å². The van der Waals surface area contributed by atoms with E-state index in [2.05, 4.69) is 10.3 Å². The fourth-order valence-electron chi connectivity index (χ4n) is 2.07. The fourth-order valence-corrected chi connectivity index (χ4v) is 2.07. The summed E-state index contributed by atoms with van der Waals surface area (Å²) in [6, 6.07) is 11.1. The maximum absolute atomic E-state index is 13.3. The van der Waals surface area contributed by atoms with E-state index >= 15 is 0 Å². The molecule has 0 unspecified atom stereocenters. The minimum Gasteiger partial charge on any atom is -0.399 e. The number of benzene rings is 2. The van der Waals surface area contributed by atoms with Gasteiger partial charge in [0.25, 0.3) is 5.56 Å². The van der Waals surface area contributed by atoms with E-state index < -0.39 is 5.82 Å². The highest BCUT2D eigenvalue weighted by Crippen LogP contribution is 2.11. The average molecular weight is 270 g/mol. The van der Waals surface area contributed by atoms with Crippen LogP contribution in [0.2, 0.25) is 0 Å². The summed E-state index contributed by atoms with van der Waals surface area (Å²) in [5.41, 5.74) is 6.72. The van der Waals surface area contributed by atoms with Crippen LogP contribution in [0.1, 0.15) is 5.56 Å². The van der Waals surface area contributed by atoms with Gasteiger partial charge in [-0.25, -0.2) is 9.07 Å². The predicted octanol–water partition coefficient (Wildman–Crippen LogP) is 1.56. The Morgan fingerprint density at radius 3 is 2.80 bits per heavy atom. The minimum absolute atomic E-state index is 0.124. The van der Waals surface area contributed by atoms with Gasteiger partial charge in [0.1, 0.15) is 11.3 Å². The first-order valence-corrected chi connectivity index (χ1v) is 6.01. The molecule has 0 spiro atoms. The molecule has 3 rings (SSSR count). The lowest BCUT2D eigenvalue weighted by atomic mass is 10.2. The van der Waals surface area contributed by atoms with Crippen molar-refractivity contribution in [3.63, 3.8) is 0 Å². The molecule has 0 radical (unpaired) electrons. The molecule has 2 N–H and O–H groups in total. The highest BCUT2D eigenvalue weighted by atomic mass is 19.1. The Morgan fingerprint density at radius 1 is 1.20 bits per heavy atom. The lowest BCUT2D eigenvalue weighted by molar-refractivity contribution is 0.590. The number of aromatic nitrogens is 3. The van der Waals surface area contributed by atoms with E-state index in [1.807, 2.05) is 0 Å². The summed E-state index contributed by atoms with van der Waals surface area (Å²) in [7, 11) is 0. The number of anilines is 1. The second kappa shape index (κ2) is 4.73. The van der Waals surface area contributed by atoms with Crippen LogP contribution in [0.15, 0.2) is 47.3 Å². The zero-order chi connectivity index (χ0) is 14.1. The van der Waals surface area contributed by atoms with Crippen molar-refractivity contribution in [1.82, 2.24) is 15.0 Å². The number of nitrogen functional groups attached to an aromatic ring is 1. The largest absolute Gasteiger partial charge is 0.399 e. The highest BCUT2D eigenvalue weighted by molar-refractivity contribution is 5.76. The lowest BCUT2D eigenvalue weighted by Gasteiger charge is -2.06. The molecule has 0 aliphatic rings. The van der Waals surface area contributed by atoms with Crippen LogP contribution in [0, 0.1) is 5.82 Å². The first kappa shape index (κ1) is 12.3. The third kappa shape index (κ3) is 2.23. The monoisotopic (exact) mass is 270 g/mol. The molecule has 0 aliphatic heterocycles. The van der Waals surface area contributed by atoms with Crippen LogP contribution >= 0.6 is 0 Å². The summed E-state index contributed by atoms with van der Waals surface area (Å²) in [4.78, 5) is 12.2. The maximum atomic E-state index is 13.3. The molecular formula is C14H11FN4O. The quantitative estimate of drug-likeness (QED) is 0.717. The number of rotatable bonds is 2. The van der Waals surface area contributed by atoms with Gasteiger partial charge in [-0.3, -0.25) is 4.79 Å². The van der Waals surface area contributed by atoms with E-state index in [0.29, 0.717) is 22.2 Å². The number of nitrogens with zero attached hydrogens (tertiary/aromatic N) is 3. The Labute approximate surface area is 113 Å². The minimum atomic E-state index is -0.443. The van der Waals surface area contributed by atoms with Gasteiger partial charge in [0.05, 0.1) is 11.9 Å². The number of nitrogens with two attached hydrogens (primary N) is 1. The Hall–Kier alpha value is -2.76. The zero-order valence-electron chi connectivity index (χ0n) is 10.5.